The largest absolute Gasteiger partial charge is 0.370 e. The molecule has 1 unspecified atom stereocenters. The molecular formula is C10H17N3O2. The highest BCUT2D eigenvalue weighted by molar-refractivity contribution is 5.81. The van der Waals surface area contributed by atoms with Crippen molar-refractivity contribution < 1.29 is 9.59 Å². The van der Waals surface area contributed by atoms with Gasteiger partial charge in [-0.05, 0) is 12.8 Å². The van der Waals surface area contributed by atoms with Gasteiger partial charge in [0.05, 0.1) is 6.04 Å². The van der Waals surface area contributed by atoms with Crippen molar-refractivity contribution in [2.45, 2.75) is 31.7 Å². The van der Waals surface area contributed by atoms with Crippen molar-refractivity contribution in [2.24, 2.45) is 11.5 Å². The molecule has 0 heterocycles. The van der Waals surface area contributed by atoms with Crippen LogP contribution in [0.4, 0.5) is 0 Å². The fourth-order valence-electron chi connectivity index (χ4n) is 0.987. The third-order valence-corrected chi connectivity index (χ3v) is 1.82. The van der Waals surface area contributed by atoms with Gasteiger partial charge >= 0.3 is 0 Å². The van der Waals surface area contributed by atoms with E-state index in [1.807, 2.05) is 0 Å². The molecular weight excluding hydrogens is 194 g/mol. The van der Waals surface area contributed by atoms with Gasteiger partial charge in [0, 0.05) is 19.4 Å². The Labute approximate surface area is 89.6 Å². The summed E-state index contributed by atoms with van der Waals surface area (Å²) >= 11 is 0. The molecule has 0 aliphatic rings. The number of hydrogen-bond acceptors (Lipinski definition) is 3. The van der Waals surface area contributed by atoms with Gasteiger partial charge in [-0.2, -0.15) is 0 Å². The van der Waals surface area contributed by atoms with E-state index in [2.05, 4.69) is 11.2 Å². The lowest BCUT2D eigenvalue weighted by Gasteiger charge is -2.08. The summed E-state index contributed by atoms with van der Waals surface area (Å²) in [5, 5.41) is 2.63. The van der Waals surface area contributed by atoms with Crippen LogP contribution >= 0.6 is 0 Å². The molecule has 0 radical (unpaired) electrons. The first-order chi connectivity index (χ1) is 7.07. The fraction of sp³-hybridized carbons (Fsp3) is 0.600. The topological polar surface area (TPSA) is 98.2 Å². The minimum Gasteiger partial charge on any atom is -0.370 e. The van der Waals surface area contributed by atoms with Gasteiger partial charge < -0.3 is 16.8 Å². The molecule has 0 saturated heterocycles. The molecule has 0 bridgehead atoms. The standard InChI is InChI=1S/C10H17N3O2/c1-2-5-8(11)10(15)13-7-4-3-6-9(12)14/h1,8H,3-7,11H2,(H2,12,14)(H,13,15). The summed E-state index contributed by atoms with van der Waals surface area (Å²) in [6.45, 7) is 0.490. The van der Waals surface area contributed by atoms with E-state index in [4.69, 9.17) is 17.9 Å². The summed E-state index contributed by atoms with van der Waals surface area (Å²) < 4.78 is 0. The number of nitrogens with one attached hydrogen (secondary N) is 1. The van der Waals surface area contributed by atoms with Crippen molar-refractivity contribution in [1.29, 1.82) is 0 Å². The highest BCUT2D eigenvalue weighted by Gasteiger charge is 2.10. The molecule has 5 nitrogen and oxygen atoms in total. The van der Waals surface area contributed by atoms with Crippen LogP contribution in [0.1, 0.15) is 25.7 Å². The molecule has 0 fully saturated rings. The molecule has 84 valence electrons. The number of rotatable bonds is 7. The number of primary amides is 1. The van der Waals surface area contributed by atoms with Crippen molar-refractivity contribution in [1.82, 2.24) is 5.32 Å². The van der Waals surface area contributed by atoms with Crippen molar-refractivity contribution in [3.8, 4) is 12.3 Å². The molecule has 15 heavy (non-hydrogen) atoms. The van der Waals surface area contributed by atoms with Gasteiger partial charge in [0.1, 0.15) is 0 Å². The van der Waals surface area contributed by atoms with Crippen LogP contribution in [0.15, 0.2) is 0 Å². The summed E-state index contributed by atoms with van der Waals surface area (Å²) in [6, 6.07) is -0.647. The lowest BCUT2D eigenvalue weighted by atomic mass is 10.2. The molecule has 1 atom stereocenters. The Hall–Kier alpha value is -1.54. The Kier molecular flexibility index (Phi) is 7.02. The smallest absolute Gasteiger partial charge is 0.237 e. The van der Waals surface area contributed by atoms with E-state index in [0.29, 0.717) is 25.8 Å². The summed E-state index contributed by atoms with van der Waals surface area (Å²) in [6.07, 6.45) is 6.96. The highest BCUT2D eigenvalue weighted by Crippen LogP contribution is 1.93. The zero-order chi connectivity index (χ0) is 11.7. The van der Waals surface area contributed by atoms with Crippen LogP contribution in [-0.4, -0.2) is 24.4 Å². The number of amides is 2. The lowest BCUT2D eigenvalue weighted by molar-refractivity contribution is -0.122. The summed E-state index contributed by atoms with van der Waals surface area (Å²) in [5.74, 6) is 1.73. The van der Waals surface area contributed by atoms with E-state index in [1.54, 1.807) is 0 Å². The minimum absolute atomic E-state index is 0.229. The molecule has 0 saturated carbocycles. The fourth-order valence-corrected chi connectivity index (χ4v) is 0.987. The van der Waals surface area contributed by atoms with Crippen LogP contribution in [0, 0.1) is 12.3 Å². The Morgan fingerprint density at radius 2 is 2.07 bits per heavy atom. The average molecular weight is 211 g/mol. The number of unbranched alkanes of at least 4 members (excludes halogenated alkanes) is 1. The number of nitrogens with two attached hydrogens (primary N) is 2. The van der Waals surface area contributed by atoms with E-state index in [0.717, 1.165) is 0 Å². The second-order valence-electron chi connectivity index (χ2n) is 3.23. The lowest BCUT2D eigenvalue weighted by Crippen LogP contribution is -2.40. The molecule has 5 N–H and O–H groups in total. The monoisotopic (exact) mass is 211 g/mol. The minimum atomic E-state index is -0.647. The van der Waals surface area contributed by atoms with Gasteiger partial charge in [0.2, 0.25) is 11.8 Å². The second kappa shape index (κ2) is 7.83. The molecule has 0 rings (SSSR count). The molecule has 5 heteroatoms. The van der Waals surface area contributed by atoms with E-state index in [1.165, 1.54) is 0 Å². The van der Waals surface area contributed by atoms with E-state index < -0.39 is 6.04 Å². The third-order valence-electron chi connectivity index (χ3n) is 1.82. The number of carbonyl (C=O) groups is 2. The zero-order valence-corrected chi connectivity index (χ0v) is 8.66. The maximum absolute atomic E-state index is 11.2. The predicted molar refractivity (Wildman–Crippen MR) is 57.5 cm³/mol. The van der Waals surface area contributed by atoms with Gasteiger partial charge in [-0.1, -0.05) is 0 Å². The SMILES string of the molecule is C#CCC(N)C(=O)NCCCCC(N)=O. The third kappa shape index (κ3) is 7.52. The van der Waals surface area contributed by atoms with Crippen molar-refractivity contribution in [3.63, 3.8) is 0 Å². The second-order valence-corrected chi connectivity index (χ2v) is 3.23. The van der Waals surface area contributed by atoms with Crippen LogP contribution in [0.25, 0.3) is 0 Å². The Morgan fingerprint density at radius 1 is 1.40 bits per heavy atom. The van der Waals surface area contributed by atoms with Crippen LogP contribution < -0.4 is 16.8 Å². The van der Waals surface area contributed by atoms with Crippen LogP contribution in [0.3, 0.4) is 0 Å². The number of carbonyl (C=O) groups excluding carboxylic acids is 2. The molecule has 0 aromatic carbocycles. The normalized spacial score (nSPS) is 11.5. The van der Waals surface area contributed by atoms with Crippen molar-refractivity contribution in [3.05, 3.63) is 0 Å². The predicted octanol–water partition coefficient (Wildman–Crippen LogP) is -0.891. The van der Waals surface area contributed by atoms with Crippen LogP contribution in [0.5, 0.6) is 0 Å². The van der Waals surface area contributed by atoms with Gasteiger partial charge in [-0.3, -0.25) is 9.59 Å². The molecule has 0 spiro atoms. The summed E-state index contributed by atoms with van der Waals surface area (Å²) in [5.41, 5.74) is 10.4. The number of hydrogen-bond donors (Lipinski definition) is 3. The van der Waals surface area contributed by atoms with Crippen LogP contribution in [0.2, 0.25) is 0 Å². The first kappa shape index (κ1) is 13.5. The molecule has 0 aliphatic heterocycles. The van der Waals surface area contributed by atoms with Crippen molar-refractivity contribution in [2.75, 3.05) is 6.54 Å². The van der Waals surface area contributed by atoms with Gasteiger partial charge in [-0.25, -0.2) is 0 Å². The van der Waals surface area contributed by atoms with E-state index in [9.17, 15) is 9.59 Å². The summed E-state index contributed by atoms with van der Waals surface area (Å²) in [4.78, 5) is 21.6. The zero-order valence-electron chi connectivity index (χ0n) is 8.66. The Morgan fingerprint density at radius 3 is 2.60 bits per heavy atom. The van der Waals surface area contributed by atoms with Crippen molar-refractivity contribution >= 4 is 11.8 Å². The van der Waals surface area contributed by atoms with Gasteiger partial charge in [-0.15, -0.1) is 12.3 Å². The Balaban J connectivity index is 3.47. The van der Waals surface area contributed by atoms with Gasteiger partial charge in [0.15, 0.2) is 0 Å². The Bertz CT molecular complexity index is 258. The quantitative estimate of drug-likeness (QED) is 0.376. The highest BCUT2D eigenvalue weighted by atomic mass is 16.2. The first-order valence-electron chi connectivity index (χ1n) is 4.83. The maximum atomic E-state index is 11.2. The van der Waals surface area contributed by atoms with E-state index >= 15 is 0 Å². The molecule has 0 aromatic heterocycles. The van der Waals surface area contributed by atoms with Gasteiger partial charge in [0.25, 0.3) is 0 Å². The molecule has 2 amide bonds. The molecule has 0 aliphatic carbocycles. The summed E-state index contributed by atoms with van der Waals surface area (Å²) in [7, 11) is 0. The number of terminal acetylenes is 1. The maximum Gasteiger partial charge on any atom is 0.237 e. The van der Waals surface area contributed by atoms with Crippen LogP contribution in [-0.2, 0) is 9.59 Å². The van der Waals surface area contributed by atoms with E-state index in [-0.39, 0.29) is 18.2 Å². The average Bonchev–Trinajstić information content (AvgIpc) is 2.16. The first-order valence-corrected chi connectivity index (χ1v) is 4.83. The molecule has 0 aromatic rings.